The van der Waals surface area contributed by atoms with Gasteiger partial charge in [0.1, 0.15) is 5.82 Å². The summed E-state index contributed by atoms with van der Waals surface area (Å²) in [6, 6.07) is 5.54. The van der Waals surface area contributed by atoms with Gasteiger partial charge in [-0.1, -0.05) is 15.9 Å². The number of hydrogen-bond acceptors (Lipinski definition) is 4. The summed E-state index contributed by atoms with van der Waals surface area (Å²) >= 11 is 3.42. The lowest BCUT2D eigenvalue weighted by atomic mass is 10.1. The number of halogens is 1. The molecule has 0 aliphatic heterocycles. The number of benzene rings is 1. The lowest BCUT2D eigenvalue weighted by Crippen LogP contribution is -2.02. The van der Waals surface area contributed by atoms with Gasteiger partial charge in [0.15, 0.2) is 5.82 Å². The highest BCUT2D eigenvalue weighted by Gasteiger charge is 2.29. The van der Waals surface area contributed by atoms with Crippen molar-refractivity contribution in [2.45, 2.75) is 31.1 Å². The van der Waals surface area contributed by atoms with E-state index in [4.69, 9.17) is 0 Å². The van der Waals surface area contributed by atoms with Gasteiger partial charge in [0, 0.05) is 23.2 Å². The molecule has 0 unspecified atom stereocenters. The van der Waals surface area contributed by atoms with Gasteiger partial charge in [0.2, 0.25) is 0 Å². The summed E-state index contributed by atoms with van der Waals surface area (Å²) in [7, 11) is 0. The molecule has 0 N–H and O–H groups in total. The van der Waals surface area contributed by atoms with Crippen LogP contribution in [0.3, 0.4) is 0 Å². The zero-order valence-corrected chi connectivity index (χ0v) is 12.5. The van der Waals surface area contributed by atoms with E-state index in [0.29, 0.717) is 16.9 Å². The Morgan fingerprint density at radius 1 is 1.45 bits per heavy atom. The third-order valence-electron chi connectivity index (χ3n) is 3.45. The highest BCUT2D eigenvalue weighted by molar-refractivity contribution is 9.08. The van der Waals surface area contributed by atoms with E-state index >= 15 is 0 Å². The van der Waals surface area contributed by atoms with Crippen LogP contribution in [0.25, 0.3) is 11.4 Å². The van der Waals surface area contributed by atoms with E-state index in [1.54, 1.807) is 19.1 Å². The average molecular weight is 337 g/mol. The first-order chi connectivity index (χ1) is 9.61. The second kappa shape index (κ2) is 4.97. The van der Waals surface area contributed by atoms with Gasteiger partial charge in [-0.05, 0) is 31.9 Å². The molecule has 0 bridgehead atoms. The van der Waals surface area contributed by atoms with Gasteiger partial charge in [0.05, 0.1) is 10.3 Å². The van der Waals surface area contributed by atoms with Gasteiger partial charge in [-0.2, -0.15) is 0 Å². The van der Waals surface area contributed by atoms with E-state index in [-0.39, 0.29) is 10.6 Å². The molecule has 2 aromatic rings. The Morgan fingerprint density at radius 3 is 2.75 bits per heavy atom. The molecular formula is C13H13BrN4O2. The van der Waals surface area contributed by atoms with Crippen LogP contribution < -0.4 is 0 Å². The zero-order chi connectivity index (χ0) is 14.3. The molecule has 1 saturated carbocycles. The number of alkyl halides is 1. The topological polar surface area (TPSA) is 73.8 Å². The van der Waals surface area contributed by atoms with E-state index < -0.39 is 0 Å². The van der Waals surface area contributed by atoms with Gasteiger partial charge in [-0.25, -0.2) is 0 Å². The summed E-state index contributed by atoms with van der Waals surface area (Å²) in [4.78, 5) is 10.5. The van der Waals surface area contributed by atoms with E-state index in [2.05, 4.69) is 30.7 Å². The molecule has 104 valence electrons. The minimum absolute atomic E-state index is 0.131. The van der Waals surface area contributed by atoms with Crippen LogP contribution in [-0.4, -0.2) is 19.7 Å². The lowest BCUT2D eigenvalue weighted by Gasteiger charge is -2.08. The maximum Gasteiger partial charge on any atom is 0.272 e. The predicted molar refractivity (Wildman–Crippen MR) is 77.8 cm³/mol. The van der Waals surface area contributed by atoms with Gasteiger partial charge >= 0.3 is 0 Å². The Bertz CT molecular complexity index is 679. The van der Waals surface area contributed by atoms with Gasteiger partial charge < -0.3 is 4.57 Å². The van der Waals surface area contributed by atoms with Crippen LogP contribution in [0.1, 0.15) is 30.3 Å². The third-order valence-corrected chi connectivity index (χ3v) is 3.95. The second-order valence-electron chi connectivity index (χ2n) is 4.93. The molecule has 3 rings (SSSR count). The van der Waals surface area contributed by atoms with Crippen molar-refractivity contribution in [3.05, 3.63) is 39.7 Å². The molecule has 1 aliphatic rings. The average Bonchev–Trinajstić information content (AvgIpc) is 3.17. The fourth-order valence-corrected chi connectivity index (χ4v) is 2.71. The second-order valence-corrected chi connectivity index (χ2v) is 5.49. The molecule has 7 heteroatoms. The molecule has 1 aromatic heterocycles. The van der Waals surface area contributed by atoms with Crippen LogP contribution in [-0.2, 0) is 5.33 Å². The van der Waals surface area contributed by atoms with Crippen LogP contribution in [0.5, 0.6) is 0 Å². The number of nitro groups is 1. The third kappa shape index (κ3) is 2.22. The Labute approximate surface area is 124 Å². The molecule has 1 fully saturated rings. The summed E-state index contributed by atoms with van der Waals surface area (Å²) < 4.78 is 2.13. The van der Waals surface area contributed by atoms with Gasteiger partial charge in [-0.15, -0.1) is 10.2 Å². The van der Waals surface area contributed by atoms with E-state index in [9.17, 15) is 10.1 Å². The van der Waals surface area contributed by atoms with Crippen molar-refractivity contribution >= 4 is 21.6 Å². The van der Waals surface area contributed by atoms with Crippen LogP contribution in [0.4, 0.5) is 5.69 Å². The zero-order valence-electron chi connectivity index (χ0n) is 10.9. The predicted octanol–water partition coefficient (Wildman–Crippen LogP) is 3.39. The molecule has 0 radical (unpaired) electrons. The SMILES string of the molecule is Cc1cc(-c2nnc(CBr)n2C2CC2)ccc1[N+](=O)[O-]. The number of aromatic nitrogens is 3. The molecule has 20 heavy (non-hydrogen) atoms. The maximum absolute atomic E-state index is 10.9. The van der Waals surface area contributed by atoms with E-state index in [0.717, 1.165) is 30.1 Å². The summed E-state index contributed by atoms with van der Waals surface area (Å²) in [6.07, 6.45) is 2.27. The number of hydrogen-bond donors (Lipinski definition) is 0. The maximum atomic E-state index is 10.9. The molecular weight excluding hydrogens is 324 g/mol. The Morgan fingerprint density at radius 2 is 2.20 bits per heavy atom. The number of rotatable bonds is 4. The van der Waals surface area contributed by atoms with Crippen molar-refractivity contribution < 1.29 is 4.92 Å². The van der Waals surface area contributed by atoms with Crippen LogP contribution >= 0.6 is 15.9 Å². The lowest BCUT2D eigenvalue weighted by molar-refractivity contribution is -0.385. The van der Waals surface area contributed by atoms with Crippen LogP contribution in [0.15, 0.2) is 18.2 Å². The number of nitro benzene ring substituents is 1. The number of nitrogens with zero attached hydrogens (tertiary/aromatic N) is 4. The normalized spacial score (nSPS) is 14.5. The van der Waals surface area contributed by atoms with Gasteiger partial charge in [-0.3, -0.25) is 10.1 Å². The molecule has 1 heterocycles. The Balaban J connectivity index is 2.07. The molecule has 0 saturated heterocycles. The smallest absolute Gasteiger partial charge is 0.272 e. The standard InChI is InChI=1S/C13H13BrN4O2/c1-8-6-9(2-5-11(8)18(19)20)13-16-15-12(7-14)17(13)10-3-4-10/h2,5-6,10H,3-4,7H2,1H3. The monoisotopic (exact) mass is 336 g/mol. The highest BCUT2D eigenvalue weighted by atomic mass is 79.9. The minimum atomic E-state index is -0.366. The Hall–Kier alpha value is -1.76. The molecule has 6 nitrogen and oxygen atoms in total. The van der Waals surface area contributed by atoms with Crippen molar-refractivity contribution in [1.29, 1.82) is 0 Å². The first-order valence-corrected chi connectivity index (χ1v) is 7.49. The summed E-state index contributed by atoms with van der Waals surface area (Å²) in [5.74, 6) is 1.69. The largest absolute Gasteiger partial charge is 0.307 e. The quantitative estimate of drug-likeness (QED) is 0.487. The van der Waals surface area contributed by atoms with Crippen LogP contribution in [0.2, 0.25) is 0 Å². The highest BCUT2D eigenvalue weighted by Crippen LogP contribution is 2.39. The van der Waals surface area contributed by atoms with Crippen molar-refractivity contribution in [3.8, 4) is 11.4 Å². The van der Waals surface area contributed by atoms with Crippen molar-refractivity contribution in [2.24, 2.45) is 0 Å². The fraction of sp³-hybridized carbons (Fsp3) is 0.385. The first kappa shape index (κ1) is 13.2. The molecule has 0 spiro atoms. The van der Waals surface area contributed by atoms with Crippen LogP contribution in [0, 0.1) is 17.0 Å². The van der Waals surface area contributed by atoms with E-state index in [1.165, 1.54) is 6.07 Å². The van der Waals surface area contributed by atoms with Gasteiger partial charge in [0.25, 0.3) is 5.69 Å². The summed E-state index contributed by atoms with van der Waals surface area (Å²) in [5.41, 5.74) is 1.64. The van der Waals surface area contributed by atoms with Crippen molar-refractivity contribution in [3.63, 3.8) is 0 Å². The molecule has 1 aliphatic carbocycles. The van der Waals surface area contributed by atoms with Crippen molar-refractivity contribution in [1.82, 2.24) is 14.8 Å². The summed E-state index contributed by atoms with van der Waals surface area (Å²) in [6.45, 7) is 1.74. The summed E-state index contributed by atoms with van der Waals surface area (Å²) in [5, 5.41) is 20.0. The molecule has 0 amide bonds. The fourth-order valence-electron chi connectivity index (χ4n) is 2.33. The first-order valence-electron chi connectivity index (χ1n) is 6.37. The van der Waals surface area contributed by atoms with Crippen molar-refractivity contribution in [2.75, 3.05) is 0 Å². The number of aryl methyl sites for hydroxylation is 1. The molecule has 0 atom stereocenters. The Kier molecular flexibility index (Phi) is 3.29. The molecule has 1 aromatic carbocycles. The van der Waals surface area contributed by atoms with E-state index in [1.807, 2.05) is 0 Å². The minimum Gasteiger partial charge on any atom is -0.307 e.